The Morgan fingerprint density at radius 3 is 2.62 bits per heavy atom. The van der Waals surface area contributed by atoms with E-state index in [-0.39, 0.29) is 16.5 Å². The molecule has 0 unspecified atom stereocenters. The van der Waals surface area contributed by atoms with E-state index in [1.54, 1.807) is 7.05 Å². The van der Waals surface area contributed by atoms with Crippen molar-refractivity contribution < 1.29 is 18.0 Å². The van der Waals surface area contributed by atoms with Crippen LogP contribution in [0.3, 0.4) is 0 Å². The van der Waals surface area contributed by atoms with Gasteiger partial charge in [0.2, 0.25) is 5.91 Å². The summed E-state index contributed by atoms with van der Waals surface area (Å²) in [5.41, 5.74) is -0.623. The van der Waals surface area contributed by atoms with Crippen LogP contribution in [0.15, 0.2) is 24.3 Å². The molecule has 0 aliphatic carbocycles. The topological polar surface area (TPSA) is 20.3 Å². The van der Waals surface area contributed by atoms with Gasteiger partial charge < -0.3 is 4.90 Å². The number of likely N-dealkylation sites (N-methyl/N-ethyl adjacent to an activating group) is 1. The average molecular weight is 320 g/mol. The summed E-state index contributed by atoms with van der Waals surface area (Å²) in [6.07, 6.45) is -0.0407. The molecular formula is C15H17ClF3NO. The number of halogens is 4. The minimum absolute atomic E-state index is 0.244. The number of hydrogen-bond acceptors (Lipinski definition) is 1. The van der Waals surface area contributed by atoms with Crippen LogP contribution in [0.5, 0.6) is 0 Å². The van der Waals surface area contributed by atoms with Crippen LogP contribution in [0.2, 0.25) is 5.02 Å². The van der Waals surface area contributed by atoms with E-state index in [9.17, 15) is 18.0 Å². The Hall–Kier alpha value is -1.49. The van der Waals surface area contributed by atoms with Crippen LogP contribution in [0, 0.1) is 0 Å². The normalized spacial score (nSPS) is 11.9. The third-order valence-corrected chi connectivity index (χ3v) is 3.27. The molecule has 0 N–H and O–H groups in total. The van der Waals surface area contributed by atoms with Crippen molar-refractivity contribution in [3.05, 3.63) is 40.4 Å². The molecule has 2 nitrogen and oxygen atoms in total. The third kappa shape index (κ3) is 5.42. The molecule has 0 aromatic heterocycles. The first-order chi connectivity index (χ1) is 9.75. The SMILES string of the molecule is CCCCN(C)C(=O)/C=C/c1ccc(Cl)c(C(F)(F)F)c1. The maximum Gasteiger partial charge on any atom is 0.417 e. The predicted octanol–water partition coefficient (Wildman–Crippen LogP) is 4.63. The highest BCUT2D eigenvalue weighted by Gasteiger charge is 2.33. The zero-order chi connectivity index (χ0) is 16.0. The van der Waals surface area contributed by atoms with E-state index in [0.29, 0.717) is 6.54 Å². The van der Waals surface area contributed by atoms with E-state index in [0.717, 1.165) is 18.9 Å². The molecule has 1 rings (SSSR count). The number of amides is 1. The second kappa shape index (κ2) is 7.50. The molecule has 0 bridgehead atoms. The van der Waals surface area contributed by atoms with E-state index in [1.807, 2.05) is 6.92 Å². The first-order valence-corrected chi connectivity index (χ1v) is 6.93. The fraction of sp³-hybridized carbons (Fsp3) is 0.400. The van der Waals surface area contributed by atoms with Crippen molar-refractivity contribution in [2.24, 2.45) is 0 Å². The zero-order valence-corrected chi connectivity index (χ0v) is 12.6. The molecule has 0 saturated heterocycles. The second-order valence-electron chi connectivity index (χ2n) is 4.68. The Bertz CT molecular complexity index is 526. The fourth-order valence-electron chi connectivity index (χ4n) is 1.66. The van der Waals surface area contributed by atoms with Crippen LogP contribution < -0.4 is 0 Å². The van der Waals surface area contributed by atoms with E-state index in [1.165, 1.54) is 29.2 Å². The first-order valence-electron chi connectivity index (χ1n) is 6.55. The summed E-state index contributed by atoms with van der Waals surface area (Å²) in [6.45, 7) is 2.63. The fourth-order valence-corrected chi connectivity index (χ4v) is 1.89. The molecule has 1 amide bonds. The van der Waals surface area contributed by atoms with Gasteiger partial charge in [0.1, 0.15) is 0 Å². The van der Waals surface area contributed by atoms with Gasteiger partial charge in [-0.25, -0.2) is 0 Å². The van der Waals surface area contributed by atoms with E-state index in [4.69, 9.17) is 11.6 Å². The van der Waals surface area contributed by atoms with Crippen molar-refractivity contribution in [1.29, 1.82) is 0 Å². The number of unbranched alkanes of at least 4 members (excludes halogenated alkanes) is 1. The van der Waals surface area contributed by atoms with Crippen LogP contribution in [0.1, 0.15) is 30.9 Å². The van der Waals surface area contributed by atoms with Crippen molar-refractivity contribution in [2.45, 2.75) is 25.9 Å². The highest BCUT2D eigenvalue weighted by atomic mass is 35.5. The molecule has 0 atom stereocenters. The molecule has 0 radical (unpaired) electrons. The molecule has 0 heterocycles. The van der Waals surface area contributed by atoms with Crippen LogP contribution in [0.25, 0.3) is 6.08 Å². The van der Waals surface area contributed by atoms with E-state index >= 15 is 0 Å². The van der Waals surface area contributed by atoms with Gasteiger partial charge >= 0.3 is 6.18 Å². The summed E-state index contributed by atoms with van der Waals surface area (Å²) in [5.74, 6) is -0.244. The van der Waals surface area contributed by atoms with Gasteiger partial charge in [-0.05, 0) is 30.2 Å². The van der Waals surface area contributed by atoms with Crippen LogP contribution in [-0.4, -0.2) is 24.4 Å². The Balaban J connectivity index is 2.84. The maximum absolute atomic E-state index is 12.7. The van der Waals surface area contributed by atoms with Gasteiger partial charge in [0.25, 0.3) is 0 Å². The standard InChI is InChI=1S/C15H17ClF3NO/c1-3-4-9-20(2)14(21)8-6-11-5-7-13(16)12(10-11)15(17,18)19/h5-8,10H,3-4,9H2,1-2H3/b8-6+. The number of carbonyl (C=O) groups is 1. The van der Waals surface area contributed by atoms with Gasteiger partial charge in [0.05, 0.1) is 10.6 Å². The van der Waals surface area contributed by atoms with Crippen molar-refractivity contribution in [2.75, 3.05) is 13.6 Å². The zero-order valence-electron chi connectivity index (χ0n) is 11.9. The third-order valence-electron chi connectivity index (χ3n) is 2.94. The van der Waals surface area contributed by atoms with Crippen LogP contribution in [-0.2, 0) is 11.0 Å². The Morgan fingerprint density at radius 2 is 2.05 bits per heavy atom. The van der Waals surface area contributed by atoms with Gasteiger partial charge in [-0.3, -0.25) is 4.79 Å². The highest BCUT2D eigenvalue weighted by molar-refractivity contribution is 6.31. The molecule has 0 aliphatic heterocycles. The molecule has 0 saturated carbocycles. The molecule has 6 heteroatoms. The lowest BCUT2D eigenvalue weighted by Gasteiger charge is -2.14. The number of benzene rings is 1. The van der Waals surface area contributed by atoms with E-state index in [2.05, 4.69) is 0 Å². The minimum atomic E-state index is -4.51. The number of nitrogens with zero attached hydrogens (tertiary/aromatic N) is 1. The van der Waals surface area contributed by atoms with Gasteiger partial charge in [-0.15, -0.1) is 0 Å². The quantitative estimate of drug-likeness (QED) is 0.725. The molecule has 1 aromatic carbocycles. The molecular weight excluding hydrogens is 303 g/mol. The largest absolute Gasteiger partial charge is 0.417 e. The van der Waals surface area contributed by atoms with Gasteiger partial charge in [0, 0.05) is 19.7 Å². The molecule has 0 fully saturated rings. The summed E-state index contributed by atoms with van der Waals surface area (Å²) >= 11 is 5.53. The van der Waals surface area contributed by atoms with E-state index < -0.39 is 11.7 Å². The monoisotopic (exact) mass is 319 g/mol. The van der Waals surface area contributed by atoms with Gasteiger partial charge in [0.15, 0.2) is 0 Å². The second-order valence-corrected chi connectivity index (χ2v) is 5.09. The molecule has 21 heavy (non-hydrogen) atoms. The lowest BCUT2D eigenvalue weighted by Crippen LogP contribution is -2.25. The van der Waals surface area contributed by atoms with Gasteiger partial charge in [-0.1, -0.05) is 31.0 Å². The summed E-state index contributed by atoms with van der Waals surface area (Å²) in [7, 11) is 1.66. The number of rotatable bonds is 5. The lowest BCUT2D eigenvalue weighted by atomic mass is 10.1. The summed E-state index contributed by atoms with van der Waals surface area (Å²) in [5, 5.41) is -0.356. The molecule has 116 valence electrons. The molecule has 1 aromatic rings. The predicted molar refractivity (Wildman–Crippen MR) is 78.0 cm³/mol. The minimum Gasteiger partial charge on any atom is -0.342 e. The lowest BCUT2D eigenvalue weighted by molar-refractivity contribution is -0.137. The number of carbonyl (C=O) groups excluding carboxylic acids is 1. The Kier molecular flexibility index (Phi) is 6.27. The molecule has 0 aliphatic rings. The van der Waals surface area contributed by atoms with Crippen molar-refractivity contribution in [1.82, 2.24) is 4.90 Å². The smallest absolute Gasteiger partial charge is 0.342 e. The Morgan fingerprint density at radius 1 is 1.38 bits per heavy atom. The van der Waals surface area contributed by atoms with Crippen molar-refractivity contribution in [3.63, 3.8) is 0 Å². The average Bonchev–Trinajstić information content (AvgIpc) is 2.42. The number of hydrogen-bond donors (Lipinski definition) is 0. The van der Waals surface area contributed by atoms with Crippen LogP contribution in [0.4, 0.5) is 13.2 Å². The van der Waals surface area contributed by atoms with Crippen molar-refractivity contribution in [3.8, 4) is 0 Å². The van der Waals surface area contributed by atoms with Gasteiger partial charge in [-0.2, -0.15) is 13.2 Å². The number of alkyl halides is 3. The van der Waals surface area contributed by atoms with Crippen molar-refractivity contribution >= 4 is 23.6 Å². The van der Waals surface area contributed by atoms with Crippen LogP contribution >= 0.6 is 11.6 Å². The summed E-state index contributed by atoms with van der Waals surface area (Å²) in [4.78, 5) is 13.3. The first kappa shape index (κ1) is 17.6. The molecule has 0 spiro atoms. The highest BCUT2D eigenvalue weighted by Crippen LogP contribution is 2.35. The summed E-state index contributed by atoms with van der Waals surface area (Å²) in [6, 6.07) is 3.54. The summed E-state index contributed by atoms with van der Waals surface area (Å²) < 4.78 is 38.1. The maximum atomic E-state index is 12.7. The Labute approximate surface area is 127 Å².